The molecule has 0 bridgehead atoms. The number of nitrogens with zero attached hydrogens (tertiary/aromatic N) is 1. The van der Waals surface area contributed by atoms with Crippen LogP contribution in [0.3, 0.4) is 0 Å². The van der Waals surface area contributed by atoms with Crippen LogP contribution in [0, 0.1) is 0 Å². The number of esters is 1. The fraction of sp³-hybridized carbons (Fsp3) is 0.167. The van der Waals surface area contributed by atoms with Crippen molar-refractivity contribution in [3.8, 4) is 5.75 Å². The van der Waals surface area contributed by atoms with Gasteiger partial charge >= 0.3 is 5.97 Å². The second kappa shape index (κ2) is 5.45. The van der Waals surface area contributed by atoms with Gasteiger partial charge in [-0.1, -0.05) is 0 Å². The molecule has 0 saturated heterocycles. The summed E-state index contributed by atoms with van der Waals surface area (Å²) in [6.07, 6.45) is 0. The minimum Gasteiger partial charge on any atom is -0.487 e. The zero-order valence-corrected chi connectivity index (χ0v) is 10.1. The van der Waals surface area contributed by atoms with Crippen LogP contribution in [0.4, 0.5) is 0 Å². The highest BCUT2D eigenvalue weighted by Gasteiger charge is 2.04. The number of thiazole rings is 1. The molecule has 5 heteroatoms. The summed E-state index contributed by atoms with van der Waals surface area (Å²) >= 11 is 1.53. The number of benzene rings is 1. The molecule has 0 aliphatic heterocycles. The Kier molecular flexibility index (Phi) is 3.72. The van der Waals surface area contributed by atoms with E-state index in [9.17, 15) is 4.79 Å². The van der Waals surface area contributed by atoms with Gasteiger partial charge in [-0.05, 0) is 24.3 Å². The molecular weight excluding hydrogens is 238 g/mol. The van der Waals surface area contributed by atoms with Crippen LogP contribution in [0.15, 0.2) is 35.2 Å². The Hall–Kier alpha value is -1.88. The average Bonchev–Trinajstić information content (AvgIpc) is 2.89. The lowest BCUT2D eigenvalue weighted by atomic mass is 10.2. The first-order valence-electron chi connectivity index (χ1n) is 4.98. The third-order valence-electron chi connectivity index (χ3n) is 2.15. The van der Waals surface area contributed by atoms with Crippen LogP contribution in [0.25, 0.3) is 0 Å². The van der Waals surface area contributed by atoms with E-state index in [-0.39, 0.29) is 5.97 Å². The van der Waals surface area contributed by atoms with Crippen LogP contribution >= 0.6 is 11.3 Å². The van der Waals surface area contributed by atoms with Gasteiger partial charge in [0, 0.05) is 5.38 Å². The van der Waals surface area contributed by atoms with Crippen LogP contribution in [-0.4, -0.2) is 18.1 Å². The van der Waals surface area contributed by atoms with Crippen molar-refractivity contribution in [2.75, 3.05) is 7.11 Å². The Labute approximate surface area is 103 Å². The molecule has 4 nitrogen and oxygen atoms in total. The summed E-state index contributed by atoms with van der Waals surface area (Å²) in [6, 6.07) is 6.81. The van der Waals surface area contributed by atoms with Gasteiger partial charge in [0.15, 0.2) is 0 Å². The Bertz CT molecular complexity index is 479. The fourth-order valence-electron chi connectivity index (χ4n) is 1.27. The molecule has 0 atom stereocenters. The minimum absolute atomic E-state index is 0.351. The predicted octanol–water partition coefficient (Wildman–Crippen LogP) is 2.51. The van der Waals surface area contributed by atoms with E-state index in [1.807, 2.05) is 5.38 Å². The topological polar surface area (TPSA) is 48.4 Å². The number of hydrogen-bond acceptors (Lipinski definition) is 5. The fourth-order valence-corrected chi connectivity index (χ4v) is 1.81. The van der Waals surface area contributed by atoms with E-state index < -0.39 is 0 Å². The summed E-state index contributed by atoms with van der Waals surface area (Å²) in [5, 5.41) is 1.93. The summed E-state index contributed by atoms with van der Waals surface area (Å²) in [7, 11) is 1.36. The maximum absolute atomic E-state index is 11.2. The standard InChI is InChI=1S/C12H11NO3S/c1-15-12(14)9-2-4-11(5-3-9)16-6-10-7-17-8-13-10/h2-5,7-8H,6H2,1H3. The highest BCUT2D eigenvalue weighted by Crippen LogP contribution is 2.14. The van der Waals surface area contributed by atoms with Crippen LogP contribution < -0.4 is 4.74 Å². The summed E-state index contributed by atoms with van der Waals surface area (Å²) in [5.74, 6) is 0.349. The maximum Gasteiger partial charge on any atom is 0.337 e. The van der Waals surface area contributed by atoms with Crippen LogP contribution in [-0.2, 0) is 11.3 Å². The van der Waals surface area contributed by atoms with E-state index in [2.05, 4.69) is 9.72 Å². The second-order valence-electron chi connectivity index (χ2n) is 3.28. The molecule has 0 aliphatic rings. The summed E-state index contributed by atoms with van der Waals surface area (Å²) in [5.41, 5.74) is 3.17. The smallest absolute Gasteiger partial charge is 0.337 e. The Morgan fingerprint density at radius 1 is 1.35 bits per heavy atom. The van der Waals surface area contributed by atoms with Crippen LogP contribution in [0.5, 0.6) is 5.75 Å². The van der Waals surface area contributed by atoms with E-state index in [1.54, 1.807) is 29.8 Å². The molecule has 1 heterocycles. The number of carbonyl (C=O) groups excluding carboxylic acids is 1. The minimum atomic E-state index is -0.351. The molecule has 0 N–H and O–H groups in total. The molecule has 88 valence electrons. The molecule has 0 spiro atoms. The quantitative estimate of drug-likeness (QED) is 0.781. The van der Waals surface area contributed by atoms with Gasteiger partial charge in [0.05, 0.1) is 23.9 Å². The summed E-state index contributed by atoms with van der Waals surface area (Å²) in [6.45, 7) is 0.432. The van der Waals surface area contributed by atoms with Crippen molar-refractivity contribution < 1.29 is 14.3 Å². The lowest BCUT2D eigenvalue weighted by Crippen LogP contribution is -2.01. The molecular formula is C12H11NO3S. The van der Waals surface area contributed by atoms with Crippen molar-refractivity contribution in [2.24, 2.45) is 0 Å². The highest BCUT2D eigenvalue weighted by molar-refractivity contribution is 7.07. The monoisotopic (exact) mass is 249 g/mol. The van der Waals surface area contributed by atoms with Gasteiger partial charge in [-0.15, -0.1) is 11.3 Å². The van der Waals surface area contributed by atoms with Gasteiger partial charge in [-0.3, -0.25) is 0 Å². The van der Waals surface area contributed by atoms with Gasteiger partial charge in [0.1, 0.15) is 12.4 Å². The summed E-state index contributed by atoms with van der Waals surface area (Å²) in [4.78, 5) is 15.3. The number of hydrogen-bond donors (Lipinski definition) is 0. The first kappa shape index (κ1) is 11.6. The summed E-state index contributed by atoms with van der Waals surface area (Å²) < 4.78 is 10.1. The third-order valence-corrected chi connectivity index (χ3v) is 2.78. The van der Waals surface area contributed by atoms with Crippen LogP contribution in [0.2, 0.25) is 0 Å². The largest absolute Gasteiger partial charge is 0.487 e. The maximum atomic E-state index is 11.2. The number of aromatic nitrogens is 1. The van der Waals surface area contributed by atoms with E-state index in [4.69, 9.17) is 4.74 Å². The number of ether oxygens (including phenoxy) is 2. The van der Waals surface area contributed by atoms with E-state index in [0.717, 1.165) is 5.69 Å². The molecule has 0 saturated carbocycles. The first-order valence-corrected chi connectivity index (χ1v) is 5.92. The zero-order valence-electron chi connectivity index (χ0n) is 9.25. The molecule has 17 heavy (non-hydrogen) atoms. The van der Waals surface area contributed by atoms with Gasteiger partial charge < -0.3 is 9.47 Å². The van der Waals surface area contributed by atoms with E-state index >= 15 is 0 Å². The lowest BCUT2D eigenvalue weighted by molar-refractivity contribution is 0.0600. The zero-order chi connectivity index (χ0) is 12.1. The molecule has 0 aliphatic carbocycles. The average molecular weight is 249 g/mol. The normalized spacial score (nSPS) is 9.94. The van der Waals surface area contributed by atoms with Gasteiger partial charge in [-0.25, -0.2) is 9.78 Å². The van der Waals surface area contributed by atoms with Gasteiger partial charge in [-0.2, -0.15) is 0 Å². The van der Waals surface area contributed by atoms with Crippen molar-refractivity contribution in [3.05, 3.63) is 46.4 Å². The van der Waals surface area contributed by atoms with Gasteiger partial charge in [0.2, 0.25) is 0 Å². The Balaban J connectivity index is 1.96. The predicted molar refractivity (Wildman–Crippen MR) is 64.2 cm³/mol. The lowest BCUT2D eigenvalue weighted by Gasteiger charge is -2.04. The Morgan fingerprint density at radius 3 is 2.71 bits per heavy atom. The van der Waals surface area contributed by atoms with Crippen molar-refractivity contribution in [3.63, 3.8) is 0 Å². The van der Waals surface area contributed by atoms with Crippen molar-refractivity contribution in [1.82, 2.24) is 4.98 Å². The molecule has 0 fully saturated rings. The third kappa shape index (κ3) is 3.04. The molecule has 2 rings (SSSR count). The molecule has 1 aromatic heterocycles. The second-order valence-corrected chi connectivity index (χ2v) is 4.00. The van der Waals surface area contributed by atoms with Crippen LogP contribution in [0.1, 0.15) is 16.1 Å². The van der Waals surface area contributed by atoms with Crippen molar-refractivity contribution in [2.45, 2.75) is 6.61 Å². The Morgan fingerprint density at radius 2 is 2.12 bits per heavy atom. The number of carbonyl (C=O) groups is 1. The van der Waals surface area contributed by atoms with E-state index in [1.165, 1.54) is 18.4 Å². The molecule has 0 radical (unpaired) electrons. The number of methoxy groups -OCH3 is 1. The first-order chi connectivity index (χ1) is 8.29. The SMILES string of the molecule is COC(=O)c1ccc(OCc2cscn2)cc1. The van der Waals surface area contributed by atoms with Crippen molar-refractivity contribution in [1.29, 1.82) is 0 Å². The van der Waals surface area contributed by atoms with E-state index in [0.29, 0.717) is 17.9 Å². The van der Waals surface area contributed by atoms with Crippen molar-refractivity contribution >= 4 is 17.3 Å². The molecule has 0 unspecified atom stereocenters. The number of rotatable bonds is 4. The highest BCUT2D eigenvalue weighted by atomic mass is 32.1. The molecule has 2 aromatic rings. The molecule has 0 amide bonds. The molecule has 1 aromatic carbocycles. The van der Waals surface area contributed by atoms with Gasteiger partial charge in [0.25, 0.3) is 0 Å².